The third-order valence-corrected chi connectivity index (χ3v) is 3.43. The summed E-state index contributed by atoms with van der Waals surface area (Å²) in [7, 11) is 0. The largest absolute Gasteiger partial charge is 0.380 e. The van der Waals surface area contributed by atoms with Gasteiger partial charge in [0, 0.05) is 29.9 Å². The Morgan fingerprint density at radius 1 is 1.33 bits per heavy atom. The van der Waals surface area contributed by atoms with Crippen molar-refractivity contribution in [3.63, 3.8) is 0 Å². The van der Waals surface area contributed by atoms with Crippen molar-refractivity contribution in [2.75, 3.05) is 5.32 Å². The highest BCUT2D eigenvalue weighted by Gasteiger charge is 2.10. The molecule has 1 aromatic carbocycles. The number of hydrogen-bond donors (Lipinski definition) is 2. The van der Waals surface area contributed by atoms with Gasteiger partial charge in [0.2, 0.25) is 0 Å². The van der Waals surface area contributed by atoms with Crippen LogP contribution < -0.4 is 10.9 Å². The van der Waals surface area contributed by atoms with Crippen molar-refractivity contribution in [2.45, 2.75) is 20.4 Å². The Morgan fingerprint density at radius 2 is 2.05 bits per heavy atom. The van der Waals surface area contributed by atoms with Crippen molar-refractivity contribution in [3.8, 4) is 0 Å². The molecule has 6 nitrogen and oxygen atoms in total. The number of H-pyrrole nitrogens is 1. The van der Waals surface area contributed by atoms with E-state index in [0.717, 1.165) is 11.3 Å². The SMILES string of the molecule is Cc1cc(C)c(CNc2ccc([N+](=O)[O-])cc2Cl)c(=O)[nH]1. The number of pyridine rings is 1. The van der Waals surface area contributed by atoms with E-state index in [0.29, 0.717) is 17.8 Å². The molecular formula is C14H14ClN3O3. The Balaban J connectivity index is 2.21. The molecule has 0 saturated carbocycles. The summed E-state index contributed by atoms with van der Waals surface area (Å²) < 4.78 is 0. The van der Waals surface area contributed by atoms with E-state index in [1.54, 1.807) is 0 Å². The highest BCUT2D eigenvalue weighted by atomic mass is 35.5. The quantitative estimate of drug-likeness (QED) is 0.671. The van der Waals surface area contributed by atoms with Gasteiger partial charge in [-0.25, -0.2) is 0 Å². The van der Waals surface area contributed by atoms with Gasteiger partial charge in [0.25, 0.3) is 11.2 Å². The zero-order chi connectivity index (χ0) is 15.6. The fourth-order valence-electron chi connectivity index (χ4n) is 2.05. The van der Waals surface area contributed by atoms with Crippen LogP contribution in [0.15, 0.2) is 29.1 Å². The van der Waals surface area contributed by atoms with Gasteiger partial charge >= 0.3 is 0 Å². The Labute approximate surface area is 125 Å². The molecule has 2 rings (SSSR count). The van der Waals surface area contributed by atoms with E-state index in [1.165, 1.54) is 18.2 Å². The van der Waals surface area contributed by atoms with Crippen molar-refractivity contribution < 1.29 is 4.92 Å². The maximum absolute atomic E-state index is 11.9. The maximum Gasteiger partial charge on any atom is 0.271 e. The number of nitrogens with one attached hydrogen (secondary N) is 2. The summed E-state index contributed by atoms with van der Waals surface area (Å²) in [6, 6.07) is 6.05. The minimum Gasteiger partial charge on any atom is -0.380 e. The molecule has 2 aromatic rings. The number of hydrogen-bond acceptors (Lipinski definition) is 4. The predicted octanol–water partition coefficient (Wildman–Crippen LogP) is 3.17. The van der Waals surface area contributed by atoms with Crippen LogP contribution in [0.5, 0.6) is 0 Å². The Bertz CT molecular complexity index is 756. The molecule has 0 amide bonds. The molecule has 0 unspecified atom stereocenters. The van der Waals surface area contributed by atoms with Crippen molar-refractivity contribution in [1.29, 1.82) is 0 Å². The second-order valence-corrected chi connectivity index (χ2v) is 5.13. The molecule has 0 fully saturated rings. The monoisotopic (exact) mass is 307 g/mol. The predicted molar refractivity (Wildman–Crippen MR) is 82.0 cm³/mol. The van der Waals surface area contributed by atoms with E-state index in [9.17, 15) is 14.9 Å². The summed E-state index contributed by atoms with van der Waals surface area (Å²) in [6.45, 7) is 3.97. The molecule has 0 saturated heterocycles. The molecule has 110 valence electrons. The summed E-state index contributed by atoms with van der Waals surface area (Å²) in [5, 5.41) is 13.9. The fraction of sp³-hybridized carbons (Fsp3) is 0.214. The van der Waals surface area contributed by atoms with Crippen LogP contribution in [0.4, 0.5) is 11.4 Å². The molecule has 0 spiro atoms. The molecule has 1 aromatic heterocycles. The van der Waals surface area contributed by atoms with Gasteiger partial charge in [0.15, 0.2) is 0 Å². The van der Waals surface area contributed by atoms with Gasteiger partial charge in [-0.3, -0.25) is 14.9 Å². The molecule has 2 N–H and O–H groups in total. The number of rotatable bonds is 4. The van der Waals surface area contributed by atoms with Gasteiger partial charge in [-0.15, -0.1) is 0 Å². The van der Waals surface area contributed by atoms with E-state index in [1.807, 2.05) is 19.9 Å². The maximum atomic E-state index is 11.9. The van der Waals surface area contributed by atoms with Crippen LogP contribution in [0, 0.1) is 24.0 Å². The van der Waals surface area contributed by atoms with Crippen LogP contribution in [-0.4, -0.2) is 9.91 Å². The third-order valence-electron chi connectivity index (χ3n) is 3.11. The molecule has 0 aliphatic carbocycles. The standard InChI is InChI=1S/C14H14ClN3O3/c1-8-5-9(2)17-14(19)11(8)7-16-13-4-3-10(18(20)21)6-12(13)15/h3-6,16H,7H2,1-2H3,(H,17,19). The highest BCUT2D eigenvalue weighted by Crippen LogP contribution is 2.26. The normalized spacial score (nSPS) is 10.4. The number of aromatic amines is 1. The lowest BCUT2D eigenvalue weighted by molar-refractivity contribution is -0.384. The first-order valence-corrected chi connectivity index (χ1v) is 6.63. The first-order chi connectivity index (χ1) is 9.88. The fourth-order valence-corrected chi connectivity index (χ4v) is 2.29. The van der Waals surface area contributed by atoms with E-state index >= 15 is 0 Å². The van der Waals surface area contributed by atoms with Crippen LogP contribution in [0.25, 0.3) is 0 Å². The second kappa shape index (κ2) is 5.97. The number of nitro benzene ring substituents is 1. The summed E-state index contributed by atoms with van der Waals surface area (Å²) in [4.78, 5) is 24.8. The lowest BCUT2D eigenvalue weighted by Crippen LogP contribution is -2.18. The Hall–Kier alpha value is -2.34. The molecule has 7 heteroatoms. The summed E-state index contributed by atoms with van der Waals surface area (Å²) in [5.41, 5.74) is 2.60. The molecular weight excluding hydrogens is 294 g/mol. The number of anilines is 1. The summed E-state index contributed by atoms with van der Waals surface area (Å²) in [6.07, 6.45) is 0. The van der Waals surface area contributed by atoms with Gasteiger partial charge in [0.05, 0.1) is 15.6 Å². The molecule has 21 heavy (non-hydrogen) atoms. The van der Waals surface area contributed by atoms with Crippen LogP contribution in [-0.2, 0) is 6.54 Å². The third kappa shape index (κ3) is 3.41. The van der Waals surface area contributed by atoms with Crippen LogP contribution in [0.3, 0.4) is 0 Å². The van der Waals surface area contributed by atoms with E-state index in [2.05, 4.69) is 10.3 Å². The van der Waals surface area contributed by atoms with Crippen LogP contribution in [0.2, 0.25) is 5.02 Å². The van der Waals surface area contributed by atoms with Gasteiger partial charge in [-0.1, -0.05) is 11.6 Å². The van der Waals surface area contributed by atoms with Crippen LogP contribution in [0.1, 0.15) is 16.8 Å². The average Bonchev–Trinajstić information content (AvgIpc) is 2.38. The second-order valence-electron chi connectivity index (χ2n) is 4.72. The molecule has 1 heterocycles. The van der Waals surface area contributed by atoms with Crippen molar-refractivity contribution in [2.24, 2.45) is 0 Å². The Kier molecular flexibility index (Phi) is 4.28. The molecule has 0 bridgehead atoms. The zero-order valence-corrected chi connectivity index (χ0v) is 12.3. The first kappa shape index (κ1) is 15.1. The van der Waals surface area contributed by atoms with Gasteiger partial charge in [-0.2, -0.15) is 0 Å². The lowest BCUT2D eigenvalue weighted by atomic mass is 10.1. The van der Waals surface area contributed by atoms with Gasteiger partial charge in [-0.05, 0) is 31.5 Å². The molecule has 0 radical (unpaired) electrons. The molecule has 0 atom stereocenters. The number of nitro groups is 1. The number of non-ortho nitro benzene ring substituents is 1. The van der Waals surface area contributed by atoms with Crippen LogP contribution >= 0.6 is 11.6 Å². The summed E-state index contributed by atoms with van der Waals surface area (Å²) >= 11 is 5.99. The van der Waals surface area contributed by atoms with Gasteiger partial charge < -0.3 is 10.3 Å². The van der Waals surface area contributed by atoms with E-state index in [4.69, 9.17) is 11.6 Å². The zero-order valence-electron chi connectivity index (χ0n) is 11.6. The Morgan fingerprint density at radius 3 is 2.62 bits per heavy atom. The van der Waals surface area contributed by atoms with Crippen molar-refractivity contribution in [1.82, 2.24) is 4.98 Å². The number of nitrogens with zero attached hydrogens (tertiary/aromatic N) is 1. The number of aromatic nitrogens is 1. The first-order valence-electron chi connectivity index (χ1n) is 6.25. The molecule has 0 aliphatic rings. The minimum atomic E-state index is -0.509. The van der Waals surface area contributed by atoms with Crippen molar-refractivity contribution in [3.05, 3.63) is 66.6 Å². The van der Waals surface area contributed by atoms with Gasteiger partial charge in [0.1, 0.15) is 0 Å². The number of halogens is 1. The average molecular weight is 308 g/mol. The topological polar surface area (TPSA) is 88.0 Å². The summed E-state index contributed by atoms with van der Waals surface area (Å²) in [5.74, 6) is 0. The van der Waals surface area contributed by atoms with E-state index in [-0.39, 0.29) is 16.3 Å². The minimum absolute atomic E-state index is 0.0742. The van der Waals surface area contributed by atoms with E-state index < -0.39 is 4.92 Å². The lowest BCUT2D eigenvalue weighted by Gasteiger charge is -2.10. The highest BCUT2D eigenvalue weighted by molar-refractivity contribution is 6.33. The van der Waals surface area contributed by atoms with Crippen molar-refractivity contribution >= 4 is 23.0 Å². The molecule has 0 aliphatic heterocycles. The number of aryl methyl sites for hydroxylation is 2. The smallest absolute Gasteiger partial charge is 0.271 e. The number of benzene rings is 1.